The van der Waals surface area contributed by atoms with Crippen LogP contribution in [0, 0.1) is 5.92 Å². The van der Waals surface area contributed by atoms with Gasteiger partial charge in [-0.1, -0.05) is 13.8 Å². The molecular formula is C24H45N9O6. The summed E-state index contributed by atoms with van der Waals surface area (Å²) in [5.74, 6) is -3.58. The van der Waals surface area contributed by atoms with E-state index in [1.807, 2.05) is 13.8 Å². The molecule has 0 bridgehead atoms. The number of hydrogen-bond acceptors (Lipinski definition) is 8. The molecule has 1 saturated heterocycles. The topological polar surface area (TPSA) is 261 Å². The lowest BCUT2D eigenvalue weighted by Gasteiger charge is -2.29. The fourth-order valence-electron chi connectivity index (χ4n) is 4.11. The Morgan fingerprint density at radius 1 is 1.03 bits per heavy atom. The van der Waals surface area contributed by atoms with Gasteiger partial charge in [-0.3, -0.25) is 24.2 Å². The zero-order chi connectivity index (χ0) is 29.5. The van der Waals surface area contributed by atoms with Gasteiger partial charge in [0.2, 0.25) is 23.6 Å². The molecule has 4 atom stereocenters. The number of likely N-dealkylation sites (tertiary alicyclic amines) is 1. The number of carboxylic acid groups (broad SMARTS) is 1. The number of aliphatic carboxylic acids is 1. The maximum Gasteiger partial charge on any atom is 0.326 e. The Hall–Kier alpha value is -3.46. The molecule has 4 unspecified atom stereocenters. The molecule has 0 radical (unpaired) electrons. The maximum absolute atomic E-state index is 13.1. The summed E-state index contributed by atoms with van der Waals surface area (Å²) >= 11 is 0. The zero-order valence-corrected chi connectivity index (χ0v) is 22.9. The van der Waals surface area contributed by atoms with Gasteiger partial charge in [0.05, 0.1) is 12.6 Å². The van der Waals surface area contributed by atoms with Crippen molar-refractivity contribution in [1.29, 1.82) is 0 Å². The van der Waals surface area contributed by atoms with Crippen molar-refractivity contribution in [2.45, 2.75) is 83.0 Å². The predicted molar refractivity (Wildman–Crippen MR) is 145 cm³/mol. The van der Waals surface area contributed by atoms with E-state index in [0.29, 0.717) is 45.2 Å². The molecule has 1 aliphatic rings. The first kappa shape index (κ1) is 33.6. The lowest BCUT2D eigenvalue weighted by atomic mass is 10.0. The molecule has 15 nitrogen and oxygen atoms in total. The largest absolute Gasteiger partial charge is 0.480 e. The minimum absolute atomic E-state index is 0.108. The van der Waals surface area contributed by atoms with Crippen molar-refractivity contribution < 1.29 is 29.1 Å². The molecule has 15 heteroatoms. The van der Waals surface area contributed by atoms with E-state index < -0.39 is 54.4 Å². The minimum atomic E-state index is -1.19. The van der Waals surface area contributed by atoms with E-state index in [1.165, 1.54) is 4.90 Å². The highest BCUT2D eigenvalue weighted by Crippen LogP contribution is 2.20. The van der Waals surface area contributed by atoms with Gasteiger partial charge in [0.15, 0.2) is 5.96 Å². The van der Waals surface area contributed by atoms with E-state index in [2.05, 4.69) is 20.9 Å². The molecule has 12 N–H and O–H groups in total. The van der Waals surface area contributed by atoms with Crippen molar-refractivity contribution in [3.8, 4) is 0 Å². The number of nitrogens with one attached hydrogen (secondary N) is 3. The van der Waals surface area contributed by atoms with E-state index in [4.69, 9.17) is 22.9 Å². The van der Waals surface area contributed by atoms with Crippen LogP contribution in [0.2, 0.25) is 0 Å². The number of carbonyl (C=O) groups excluding carboxylic acids is 4. The third-order valence-corrected chi connectivity index (χ3v) is 6.42. The second-order valence-electron chi connectivity index (χ2n) is 9.93. The maximum atomic E-state index is 13.1. The zero-order valence-electron chi connectivity index (χ0n) is 22.9. The van der Waals surface area contributed by atoms with Crippen molar-refractivity contribution in [1.82, 2.24) is 20.9 Å². The van der Waals surface area contributed by atoms with Crippen LogP contribution in [0.1, 0.15) is 58.8 Å². The molecule has 0 aromatic rings. The summed E-state index contributed by atoms with van der Waals surface area (Å²) in [6, 6.07) is -3.68. The van der Waals surface area contributed by atoms with Crippen LogP contribution in [0.25, 0.3) is 0 Å². The van der Waals surface area contributed by atoms with Gasteiger partial charge < -0.3 is 48.9 Å². The third kappa shape index (κ3) is 11.9. The summed E-state index contributed by atoms with van der Waals surface area (Å²) in [4.78, 5) is 68.0. The standard InChI is InChI=1S/C24H45N9O6/c1-14(2)19(26)22(37)33-12-6-9-17(33)21(36)32-15(8-5-11-29-24(27)28)20(35)30-13-18(34)31-16(23(38)39)7-3-4-10-25/h14-17,19H,3-13,25-26H2,1-2H3,(H,30,35)(H,31,34)(H,32,36)(H,38,39)(H4,27,28,29). The van der Waals surface area contributed by atoms with E-state index >= 15 is 0 Å². The van der Waals surface area contributed by atoms with Gasteiger partial charge in [-0.25, -0.2) is 4.79 Å². The SMILES string of the molecule is CC(C)C(N)C(=O)N1CCCC1C(=O)NC(CCCN=C(N)N)C(=O)NCC(=O)NC(CCCCN)C(=O)O. The van der Waals surface area contributed by atoms with Crippen molar-refractivity contribution in [2.75, 3.05) is 26.2 Å². The Labute approximate surface area is 228 Å². The smallest absolute Gasteiger partial charge is 0.326 e. The Morgan fingerprint density at radius 2 is 1.69 bits per heavy atom. The van der Waals surface area contributed by atoms with Crippen LogP contribution in [-0.2, 0) is 24.0 Å². The number of carboxylic acids is 1. The first-order valence-corrected chi connectivity index (χ1v) is 13.3. The van der Waals surface area contributed by atoms with E-state index in [9.17, 15) is 29.1 Å². The monoisotopic (exact) mass is 555 g/mol. The third-order valence-electron chi connectivity index (χ3n) is 6.42. The number of hydrogen-bond donors (Lipinski definition) is 8. The number of aliphatic imine (C=N–C) groups is 1. The van der Waals surface area contributed by atoms with Gasteiger partial charge in [-0.05, 0) is 57.4 Å². The fraction of sp³-hybridized carbons (Fsp3) is 0.750. The predicted octanol–water partition coefficient (Wildman–Crippen LogP) is -2.69. The van der Waals surface area contributed by atoms with Crippen LogP contribution < -0.4 is 38.9 Å². The van der Waals surface area contributed by atoms with Crippen molar-refractivity contribution in [2.24, 2.45) is 33.8 Å². The first-order chi connectivity index (χ1) is 18.4. The molecule has 4 amide bonds. The highest BCUT2D eigenvalue weighted by atomic mass is 16.4. The molecule has 0 spiro atoms. The Morgan fingerprint density at radius 3 is 2.28 bits per heavy atom. The number of unbranched alkanes of at least 4 members (excludes halogenated alkanes) is 1. The number of nitrogens with zero attached hydrogens (tertiary/aromatic N) is 2. The normalized spacial score (nSPS) is 17.2. The summed E-state index contributed by atoms with van der Waals surface area (Å²) < 4.78 is 0. The Kier molecular flexibility index (Phi) is 14.8. The van der Waals surface area contributed by atoms with Crippen molar-refractivity contribution >= 4 is 35.6 Å². The number of carbonyl (C=O) groups is 5. The molecule has 1 rings (SSSR count). The molecule has 222 valence electrons. The second kappa shape index (κ2) is 17.2. The molecular weight excluding hydrogens is 510 g/mol. The summed E-state index contributed by atoms with van der Waals surface area (Å²) in [5, 5.41) is 16.8. The number of amides is 4. The lowest BCUT2D eigenvalue weighted by Crippen LogP contribution is -2.56. The average molecular weight is 556 g/mol. The molecule has 1 aliphatic heterocycles. The molecule has 0 aromatic heterocycles. The van der Waals surface area contributed by atoms with Crippen LogP contribution in [0.15, 0.2) is 4.99 Å². The van der Waals surface area contributed by atoms with Gasteiger partial charge in [0, 0.05) is 13.1 Å². The van der Waals surface area contributed by atoms with Gasteiger partial charge in [0.1, 0.15) is 18.1 Å². The Balaban J connectivity index is 2.84. The highest BCUT2D eigenvalue weighted by Gasteiger charge is 2.38. The molecule has 1 fully saturated rings. The molecule has 0 aliphatic carbocycles. The summed E-state index contributed by atoms with van der Waals surface area (Å²) in [5.41, 5.74) is 22.1. The van der Waals surface area contributed by atoms with Gasteiger partial charge in [0.25, 0.3) is 0 Å². The number of rotatable bonds is 17. The van der Waals surface area contributed by atoms with Crippen LogP contribution >= 0.6 is 0 Å². The van der Waals surface area contributed by atoms with E-state index in [1.54, 1.807) is 0 Å². The number of guanidine groups is 1. The summed E-state index contributed by atoms with van der Waals surface area (Å²) in [7, 11) is 0. The van der Waals surface area contributed by atoms with Gasteiger partial charge in [-0.2, -0.15) is 0 Å². The quantitative estimate of drug-likeness (QED) is 0.0523. The summed E-state index contributed by atoms with van der Waals surface area (Å²) in [6.45, 7) is 4.15. The van der Waals surface area contributed by atoms with E-state index in [0.717, 1.165) is 0 Å². The first-order valence-electron chi connectivity index (χ1n) is 13.3. The van der Waals surface area contributed by atoms with Crippen LogP contribution in [0.3, 0.4) is 0 Å². The van der Waals surface area contributed by atoms with E-state index in [-0.39, 0.29) is 37.2 Å². The van der Waals surface area contributed by atoms with Crippen molar-refractivity contribution in [3.05, 3.63) is 0 Å². The van der Waals surface area contributed by atoms with Crippen LogP contribution in [0.5, 0.6) is 0 Å². The summed E-state index contributed by atoms with van der Waals surface area (Å²) in [6.07, 6.45) is 2.87. The second-order valence-corrected chi connectivity index (χ2v) is 9.93. The molecule has 0 aromatic carbocycles. The average Bonchev–Trinajstić information content (AvgIpc) is 3.37. The molecule has 1 heterocycles. The Bertz CT molecular complexity index is 878. The fourth-order valence-corrected chi connectivity index (χ4v) is 4.11. The molecule has 0 saturated carbocycles. The van der Waals surface area contributed by atoms with Crippen LogP contribution in [0.4, 0.5) is 0 Å². The highest BCUT2D eigenvalue weighted by molar-refractivity contribution is 5.94. The molecule has 39 heavy (non-hydrogen) atoms. The minimum Gasteiger partial charge on any atom is -0.480 e. The van der Waals surface area contributed by atoms with Crippen molar-refractivity contribution in [3.63, 3.8) is 0 Å². The lowest BCUT2D eigenvalue weighted by molar-refractivity contribution is -0.142. The van der Waals surface area contributed by atoms with Crippen LogP contribution in [-0.4, -0.2) is 95.9 Å². The number of nitrogens with two attached hydrogens (primary N) is 4. The van der Waals surface area contributed by atoms with Gasteiger partial charge >= 0.3 is 5.97 Å². The van der Waals surface area contributed by atoms with Gasteiger partial charge in [-0.15, -0.1) is 0 Å².